The van der Waals surface area contributed by atoms with E-state index in [1.807, 2.05) is 19.1 Å². The number of carbonyl (C=O) groups excluding carboxylic acids is 2. The fraction of sp³-hybridized carbons (Fsp3) is 0.267. The first-order chi connectivity index (χ1) is 10.6. The monoisotopic (exact) mass is 300 g/mol. The molecule has 1 aromatic heterocycles. The van der Waals surface area contributed by atoms with Gasteiger partial charge in [-0.25, -0.2) is 9.78 Å². The van der Waals surface area contributed by atoms with Crippen molar-refractivity contribution < 1.29 is 14.3 Å². The lowest BCUT2D eigenvalue weighted by Gasteiger charge is -2.12. The second-order valence-electron chi connectivity index (χ2n) is 5.10. The van der Waals surface area contributed by atoms with Crippen LogP contribution >= 0.6 is 0 Å². The number of amides is 2. The second-order valence-corrected chi connectivity index (χ2v) is 5.10. The Kier molecular flexibility index (Phi) is 3.78. The maximum absolute atomic E-state index is 12.0. The van der Waals surface area contributed by atoms with E-state index in [-0.39, 0.29) is 17.8 Å². The third-order valence-electron chi connectivity index (χ3n) is 3.35. The predicted molar refractivity (Wildman–Crippen MR) is 79.5 cm³/mol. The fourth-order valence-corrected chi connectivity index (χ4v) is 2.20. The smallest absolute Gasteiger partial charge is 0.410 e. The molecule has 1 aliphatic heterocycles. The van der Waals surface area contributed by atoms with Gasteiger partial charge in [-0.3, -0.25) is 4.79 Å². The third kappa shape index (κ3) is 3.08. The van der Waals surface area contributed by atoms with Crippen LogP contribution in [0.4, 0.5) is 10.5 Å². The van der Waals surface area contributed by atoms with E-state index >= 15 is 0 Å². The summed E-state index contributed by atoms with van der Waals surface area (Å²) < 4.78 is 4.88. The van der Waals surface area contributed by atoms with Gasteiger partial charge in [-0.1, -0.05) is 12.1 Å². The van der Waals surface area contributed by atoms with Crippen LogP contribution in [0, 0.1) is 6.92 Å². The molecule has 22 heavy (non-hydrogen) atoms. The van der Waals surface area contributed by atoms with Crippen LogP contribution in [0.5, 0.6) is 0 Å². The first kappa shape index (κ1) is 14.1. The lowest BCUT2D eigenvalue weighted by atomic mass is 10.2. The number of nitrogens with one attached hydrogen (secondary N) is 2. The Hall–Kier alpha value is -2.83. The van der Waals surface area contributed by atoms with E-state index < -0.39 is 0 Å². The standard InChI is InChI=1S/C15H16N4O3/c1-10-8-16-13(17-10)14(20)18-12-4-2-11(3-5-12)9-19-6-7-22-15(19)21/h2-5,8H,6-7,9H2,1H3,(H,16,17)(H,18,20). The van der Waals surface area contributed by atoms with E-state index in [2.05, 4.69) is 15.3 Å². The molecule has 1 saturated heterocycles. The van der Waals surface area contributed by atoms with Gasteiger partial charge in [0.2, 0.25) is 0 Å². The molecular formula is C15H16N4O3. The average molecular weight is 300 g/mol. The molecule has 1 aromatic carbocycles. The van der Waals surface area contributed by atoms with Crippen molar-refractivity contribution in [2.45, 2.75) is 13.5 Å². The number of aryl methyl sites for hydroxylation is 1. The molecule has 0 saturated carbocycles. The number of benzene rings is 1. The van der Waals surface area contributed by atoms with E-state index in [1.165, 1.54) is 0 Å². The highest BCUT2D eigenvalue weighted by Gasteiger charge is 2.21. The van der Waals surface area contributed by atoms with Gasteiger partial charge in [-0.2, -0.15) is 0 Å². The Labute approximate surface area is 127 Å². The van der Waals surface area contributed by atoms with Gasteiger partial charge in [0.25, 0.3) is 5.91 Å². The molecule has 0 radical (unpaired) electrons. The van der Waals surface area contributed by atoms with Crippen molar-refractivity contribution in [1.82, 2.24) is 14.9 Å². The number of rotatable bonds is 4. The molecule has 114 valence electrons. The van der Waals surface area contributed by atoms with E-state index in [4.69, 9.17) is 4.74 Å². The highest BCUT2D eigenvalue weighted by Crippen LogP contribution is 2.14. The van der Waals surface area contributed by atoms with Crippen molar-refractivity contribution in [3.05, 3.63) is 47.5 Å². The molecule has 0 unspecified atom stereocenters. The van der Waals surface area contributed by atoms with Crippen molar-refractivity contribution >= 4 is 17.7 Å². The summed E-state index contributed by atoms with van der Waals surface area (Å²) in [6.45, 7) is 3.39. The van der Waals surface area contributed by atoms with Crippen molar-refractivity contribution in [2.24, 2.45) is 0 Å². The van der Waals surface area contributed by atoms with Gasteiger partial charge >= 0.3 is 6.09 Å². The molecular weight excluding hydrogens is 284 g/mol. The van der Waals surface area contributed by atoms with Crippen LogP contribution in [-0.2, 0) is 11.3 Å². The third-order valence-corrected chi connectivity index (χ3v) is 3.35. The van der Waals surface area contributed by atoms with Gasteiger partial charge in [-0.05, 0) is 24.6 Å². The molecule has 0 aliphatic carbocycles. The van der Waals surface area contributed by atoms with Gasteiger partial charge in [0.05, 0.1) is 6.54 Å². The maximum Gasteiger partial charge on any atom is 0.410 e. The molecule has 0 spiro atoms. The summed E-state index contributed by atoms with van der Waals surface area (Å²) in [6.07, 6.45) is 1.32. The minimum Gasteiger partial charge on any atom is -0.448 e. The van der Waals surface area contributed by atoms with Crippen molar-refractivity contribution in [3.63, 3.8) is 0 Å². The van der Waals surface area contributed by atoms with Crippen LogP contribution in [0.1, 0.15) is 21.9 Å². The van der Waals surface area contributed by atoms with Crippen LogP contribution in [0.15, 0.2) is 30.5 Å². The number of hydrogen-bond donors (Lipinski definition) is 2. The number of aromatic nitrogens is 2. The zero-order chi connectivity index (χ0) is 15.5. The Bertz CT molecular complexity index is 693. The summed E-state index contributed by atoms with van der Waals surface area (Å²) in [4.78, 5) is 31.8. The molecule has 1 aliphatic rings. The topological polar surface area (TPSA) is 87.3 Å². The molecule has 2 N–H and O–H groups in total. The molecule has 0 atom stereocenters. The molecule has 7 heteroatoms. The molecule has 2 heterocycles. The zero-order valence-electron chi connectivity index (χ0n) is 12.1. The predicted octanol–water partition coefficient (Wildman–Crippen LogP) is 1.92. The molecule has 7 nitrogen and oxygen atoms in total. The van der Waals surface area contributed by atoms with Crippen molar-refractivity contribution in [2.75, 3.05) is 18.5 Å². The molecule has 3 rings (SSSR count). The highest BCUT2D eigenvalue weighted by atomic mass is 16.6. The van der Waals surface area contributed by atoms with Gasteiger partial charge in [0.1, 0.15) is 6.61 Å². The van der Waals surface area contributed by atoms with Crippen molar-refractivity contribution in [1.29, 1.82) is 0 Å². The summed E-state index contributed by atoms with van der Waals surface area (Å²) in [5, 5.41) is 2.76. The number of cyclic esters (lactones) is 1. The van der Waals surface area contributed by atoms with Crippen LogP contribution in [-0.4, -0.2) is 40.0 Å². The first-order valence-electron chi connectivity index (χ1n) is 6.95. The largest absolute Gasteiger partial charge is 0.448 e. The van der Waals surface area contributed by atoms with Crippen LogP contribution < -0.4 is 5.32 Å². The Morgan fingerprint density at radius 2 is 2.18 bits per heavy atom. The summed E-state index contributed by atoms with van der Waals surface area (Å²) >= 11 is 0. The first-order valence-corrected chi connectivity index (χ1v) is 6.95. The van der Waals surface area contributed by atoms with Crippen molar-refractivity contribution in [3.8, 4) is 0 Å². The average Bonchev–Trinajstić information content (AvgIpc) is 3.10. The summed E-state index contributed by atoms with van der Waals surface area (Å²) in [7, 11) is 0. The number of H-pyrrole nitrogens is 1. The zero-order valence-corrected chi connectivity index (χ0v) is 12.1. The molecule has 1 fully saturated rings. The number of carbonyl (C=O) groups is 2. The van der Waals surface area contributed by atoms with Gasteiger partial charge < -0.3 is 19.9 Å². The minimum absolute atomic E-state index is 0.279. The van der Waals surface area contributed by atoms with Crippen LogP contribution in [0.2, 0.25) is 0 Å². The second kappa shape index (κ2) is 5.88. The highest BCUT2D eigenvalue weighted by molar-refractivity contribution is 6.01. The van der Waals surface area contributed by atoms with Gasteiger partial charge in [0, 0.05) is 24.1 Å². The van der Waals surface area contributed by atoms with E-state index in [1.54, 1.807) is 23.2 Å². The number of aromatic amines is 1. The fourth-order valence-electron chi connectivity index (χ4n) is 2.20. The molecule has 2 aromatic rings. The lowest BCUT2D eigenvalue weighted by molar-refractivity contribution is 0.101. The Morgan fingerprint density at radius 3 is 2.77 bits per heavy atom. The quantitative estimate of drug-likeness (QED) is 0.903. The summed E-state index contributed by atoms with van der Waals surface area (Å²) in [6, 6.07) is 7.33. The summed E-state index contributed by atoms with van der Waals surface area (Å²) in [5.74, 6) is -0.00893. The minimum atomic E-state index is -0.288. The number of imidazole rings is 1. The van der Waals surface area contributed by atoms with Crippen LogP contribution in [0.25, 0.3) is 0 Å². The number of ether oxygens (including phenoxy) is 1. The van der Waals surface area contributed by atoms with E-state index in [9.17, 15) is 9.59 Å². The SMILES string of the molecule is Cc1cnc(C(=O)Nc2ccc(CN3CCOC3=O)cc2)[nH]1. The Balaban J connectivity index is 1.61. The summed E-state index contributed by atoms with van der Waals surface area (Å²) in [5.41, 5.74) is 2.48. The lowest BCUT2D eigenvalue weighted by Crippen LogP contribution is -2.23. The van der Waals surface area contributed by atoms with E-state index in [0.29, 0.717) is 25.4 Å². The molecule has 2 amide bonds. The maximum atomic E-state index is 12.0. The normalized spacial score (nSPS) is 14.0. The van der Waals surface area contributed by atoms with E-state index in [0.717, 1.165) is 11.3 Å². The van der Waals surface area contributed by atoms with Gasteiger partial charge in [-0.15, -0.1) is 0 Å². The number of nitrogens with zero attached hydrogens (tertiary/aromatic N) is 2. The number of anilines is 1. The number of hydrogen-bond acceptors (Lipinski definition) is 4. The molecule has 0 bridgehead atoms. The van der Waals surface area contributed by atoms with Crippen LogP contribution in [0.3, 0.4) is 0 Å². The Morgan fingerprint density at radius 1 is 1.41 bits per heavy atom. The van der Waals surface area contributed by atoms with Gasteiger partial charge in [0.15, 0.2) is 5.82 Å².